The van der Waals surface area contributed by atoms with Crippen LogP contribution in [0.5, 0.6) is 0 Å². The van der Waals surface area contributed by atoms with E-state index in [0.717, 1.165) is 0 Å². The lowest BCUT2D eigenvalue weighted by atomic mass is 10.2. The molecule has 1 amide bonds. The number of anilines is 2. The number of hydrogen-bond acceptors (Lipinski definition) is 7. The number of aromatic nitrogens is 3. The van der Waals surface area contributed by atoms with Crippen molar-refractivity contribution in [3.05, 3.63) is 5.28 Å². The van der Waals surface area contributed by atoms with Gasteiger partial charge >= 0.3 is 0 Å². The van der Waals surface area contributed by atoms with Crippen molar-refractivity contribution in [1.82, 2.24) is 19.9 Å². The van der Waals surface area contributed by atoms with Crippen LogP contribution in [-0.4, -0.2) is 72.2 Å². The Morgan fingerprint density at radius 1 is 1.33 bits per heavy atom. The molecule has 0 aliphatic carbocycles. The fraction of sp³-hybridized carbons (Fsp3) is 0.667. The van der Waals surface area contributed by atoms with Crippen molar-refractivity contribution in [2.75, 3.05) is 50.6 Å². The first-order chi connectivity index (χ1) is 9.97. The number of ether oxygens (including phenoxy) is 1. The van der Waals surface area contributed by atoms with E-state index in [2.05, 4.69) is 20.3 Å². The zero-order valence-electron chi connectivity index (χ0n) is 12.3. The molecule has 1 N–H and O–H groups in total. The lowest BCUT2D eigenvalue weighted by Crippen LogP contribution is -2.47. The highest BCUT2D eigenvalue weighted by atomic mass is 35.5. The number of morpholine rings is 1. The molecule has 1 saturated heterocycles. The third-order valence-corrected chi connectivity index (χ3v) is 3.20. The summed E-state index contributed by atoms with van der Waals surface area (Å²) in [5.41, 5.74) is 0. The number of carbonyl (C=O) groups excluding carboxylic acids is 1. The second-order valence-corrected chi connectivity index (χ2v) is 5.26. The molecule has 116 valence electrons. The number of hydrogen-bond donors (Lipinski definition) is 1. The summed E-state index contributed by atoms with van der Waals surface area (Å²) in [6.45, 7) is 4.12. The predicted octanol–water partition coefficient (Wildman–Crippen LogP) is 0.250. The van der Waals surface area contributed by atoms with Gasteiger partial charge in [0.05, 0.1) is 13.2 Å². The van der Waals surface area contributed by atoms with E-state index in [0.29, 0.717) is 32.3 Å². The molecule has 0 saturated carbocycles. The Hall–Kier alpha value is -1.67. The molecule has 1 unspecified atom stereocenters. The minimum Gasteiger partial charge on any atom is -0.378 e. The zero-order valence-corrected chi connectivity index (χ0v) is 13.1. The molecule has 1 aliphatic heterocycles. The van der Waals surface area contributed by atoms with Crippen LogP contribution in [0.1, 0.15) is 6.92 Å². The number of nitrogens with zero attached hydrogens (tertiary/aromatic N) is 5. The van der Waals surface area contributed by atoms with Gasteiger partial charge in [-0.2, -0.15) is 15.0 Å². The molecule has 0 spiro atoms. The highest BCUT2D eigenvalue weighted by Crippen LogP contribution is 2.13. The van der Waals surface area contributed by atoms with Gasteiger partial charge in [-0.1, -0.05) is 0 Å². The third-order valence-electron chi connectivity index (χ3n) is 3.04. The van der Waals surface area contributed by atoms with Crippen LogP contribution in [0.4, 0.5) is 11.9 Å². The molecule has 1 aromatic heterocycles. The number of rotatable bonds is 4. The third kappa shape index (κ3) is 4.15. The quantitative estimate of drug-likeness (QED) is 0.853. The zero-order chi connectivity index (χ0) is 15.4. The first kappa shape index (κ1) is 15.7. The minimum atomic E-state index is -0.448. The lowest BCUT2D eigenvalue weighted by Gasteiger charge is -2.29. The maximum atomic E-state index is 12.3. The summed E-state index contributed by atoms with van der Waals surface area (Å²) >= 11 is 5.87. The molecule has 1 atom stereocenters. The molecule has 0 bridgehead atoms. The average Bonchev–Trinajstić information content (AvgIpc) is 2.46. The van der Waals surface area contributed by atoms with Crippen LogP contribution in [-0.2, 0) is 9.53 Å². The van der Waals surface area contributed by atoms with Gasteiger partial charge in [-0.25, -0.2) is 0 Å². The normalized spacial score (nSPS) is 16.5. The van der Waals surface area contributed by atoms with E-state index < -0.39 is 6.04 Å². The van der Waals surface area contributed by atoms with Gasteiger partial charge in [0, 0.05) is 27.2 Å². The fourth-order valence-electron chi connectivity index (χ4n) is 1.92. The molecule has 9 heteroatoms. The first-order valence-electron chi connectivity index (χ1n) is 6.69. The van der Waals surface area contributed by atoms with Crippen molar-refractivity contribution >= 4 is 29.4 Å². The summed E-state index contributed by atoms with van der Waals surface area (Å²) in [5, 5.41) is 3.06. The number of halogens is 1. The van der Waals surface area contributed by atoms with Gasteiger partial charge in [-0.05, 0) is 18.5 Å². The Labute approximate surface area is 128 Å². The van der Waals surface area contributed by atoms with Crippen LogP contribution >= 0.6 is 11.6 Å². The van der Waals surface area contributed by atoms with E-state index in [4.69, 9.17) is 16.3 Å². The molecule has 2 rings (SSSR count). The molecule has 2 heterocycles. The SMILES string of the molecule is CC(Nc1nc(Cl)nc(N(C)C)n1)C(=O)N1CCOCC1. The Balaban J connectivity index is 2.04. The van der Waals surface area contributed by atoms with Crippen LogP contribution < -0.4 is 10.2 Å². The van der Waals surface area contributed by atoms with Crippen LogP contribution in [0.3, 0.4) is 0 Å². The summed E-state index contributed by atoms with van der Waals surface area (Å²) in [5.74, 6) is 0.706. The smallest absolute Gasteiger partial charge is 0.245 e. The molecule has 1 aromatic rings. The van der Waals surface area contributed by atoms with Crippen molar-refractivity contribution in [3.8, 4) is 0 Å². The van der Waals surface area contributed by atoms with E-state index >= 15 is 0 Å². The van der Waals surface area contributed by atoms with E-state index in [1.165, 1.54) is 0 Å². The molecule has 0 aromatic carbocycles. The number of nitrogens with one attached hydrogen (secondary N) is 1. The van der Waals surface area contributed by atoms with Gasteiger partial charge in [0.25, 0.3) is 0 Å². The summed E-state index contributed by atoms with van der Waals surface area (Å²) in [4.78, 5) is 28.0. The van der Waals surface area contributed by atoms with Crippen molar-refractivity contribution in [2.24, 2.45) is 0 Å². The van der Waals surface area contributed by atoms with Crippen molar-refractivity contribution in [1.29, 1.82) is 0 Å². The topological polar surface area (TPSA) is 83.5 Å². The van der Waals surface area contributed by atoms with Gasteiger partial charge in [0.2, 0.25) is 23.1 Å². The van der Waals surface area contributed by atoms with Gasteiger partial charge in [-0.3, -0.25) is 4.79 Å². The summed E-state index contributed by atoms with van der Waals surface area (Å²) in [7, 11) is 3.61. The first-order valence-corrected chi connectivity index (χ1v) is 7.07. The second-order valence-electron chi connectivity index (χ2n) is 4.93. The maximum Gasteiger partial charge on any atom is 0.245 e. The van der Waals surface area contributed by atoms with Gasteiger partial charge in [0.1, 0.15) is 6.04 Å². The second kappa shape index (κ2) is 6.86. The van der Waals surface area contributed by atoms with Gasteiger partial charge < -0.3 is 19.9 Å². The largest absolute Gasteiger partial charge is 0.378 e. The Morgan fingerprint density at radius 2 is 2.00 bits per heavy atom. The monoisotopic (exact) mass is 314 g/mol. The molecular weight excluding hydrogens is 296 g/mol. The Kier molecular flexibility index (Phi) is 5.13. The van der Waals surface area contributed by atoms with Gasteiger partial charge in [-0.15, -0.1) is 0 Å². The average molecular weight is 315 g/mol. The van der Waals surface area contributed by atoms with E-state index in [9.17, 15) is 4.79 Å². The summed E-state index contributed by atoms with van der Waals surface area (Å²) in [6.07, 6.45) is 0. The summed E-state index contributed by atoms with van der Waals surface area (Å²) < 4.78 is 5.24. The lowest BCUT2D eigenvalue weighted by molar-refractivity contribution is -0.135. The Bertz CT molecular complexity index is 507. The molecular formula is C12H19ClN6O2. The fourth-order valence-corrected chi connectivity index (χ4v) is 2.07. The standard InChI is InChI=1S/C12H19ClN6O2/c1-8(9(20)19-4-6-21-7-5-19)14-11-15-10(13)16-12(17-11)18(2)3/h8H,4-7H2,1-3H3,(H,14,15,16,17). The molecule has 21 heavy (non-hydrogen) atoms. The van der Waals surface area contributed by atoms with Crippen molar-refractivity contribution in [2.45, 2.75) is 13.0 Å². The van der Waals surface area contributed by atoms with Crippen LogP contribution in [0.2, 0.25) is 5.28 Å². The molecule has 1 fully saturated rings. The number of carbonyl (C=O) groups is 1. The van der Waals surface area contributed by atoms with E-state index in [-0.39, 0.29) is 17.1 Å². The molecule has 1 aliphatic rings. The van der Waals surface area contributed by atoms with Crippen LogP contribution in [0, 0.1) is 0 Å². The number of amides is 1. The highest BCUT2D eigenvalue weighted by Gasteiger charge is 2.23. The minimum absolute atomic E-state index is 0.0127. The van der Waals surface area contributed by atoms with Crippen molar-refractivity contribution < 1.29 is 9.53 Å². The molecule has 0 radical (unpaired) electrons. The summed E-state index contributed by atoms with van der Waals surface area (Å²) in [6, 6.07) is -0.448. The van der Waals surface area contributed by atoms with Crippen molar-refractivity contribution in [3.63, 3.8) is 0 Å². The van der Waals surface area contributed by atoms with E-state index in [1.807, 2.05) is 0 Å². The highest BCUT2D eigenvalue weighted by molar-refractivity contribution is 6.28. The van der Waals surface area contributed by atoms with Crippen LogP contribution in [0.15, 0.2) is 0 Å². The maximum absolute atomic E-state index is 12.3. The predicted molar refractivity (Wildman–Crippen MR) is 79.6 cm³/mol. The molecule has 8 nitrogen and oxygen atoms in total. The Morgan fingerprint density at radius 3 is 2.62 bits per heavy atom. The van der Waals surface area contributed by atoms with Crippen LogP contribution in [0.25, 0.3) is 0 Å². The van der Waals surface area contributed by atoms with Gasteiger partial charge in [0.15, 0.2) is 0 Å². The van der Waals surface area contributed by atoms with E-state index in [1.54, 1.807) is 30.8 Å².